The van der Waals surface area contributed by atoms with E-state index in [2.05, 4.69) is 28.2 Å². The van der Waals surface area contributed by atoms with E-state index >= 15 is 0 Å². The number of H-pyrrole nitrogens is 1. The van der Waals surface area contributed by atoms with Crippen molar-refractivity contribution in [3.63, 3.8) is 0 Å². The first kappa shape index (κ1) is 27.3. The number of carbonyl (C=O) groups is 1. The van der Waals surface area contributed by atoms with Crippen LogP contribution < -0.4 is 5.32 Å². The average Bonchev–Trinajstić information content (AvgIpc) is 3.24. The van der Waals surface area contributed by atoms with Gasteiger partial charge in [0, 0.05) is 42.4 Å². The Kier molecular flexibility index (Phi) is 7.66. The number of carbonyl (C=O) groups excluding carboxylic acids is 1. The molecule has 0 saturated carbocycles. The van der Waals surface area contributed by atoms with Crippen molar-refractivity contribution in [1.82, 2.24) is 15.2 Å². The maximum absolute atomic E-state index is 13.4. The van der Waals surface area contributed by atoms with Gasteiger partial charge in [-0.05, 0) is 112 Å². The molecule has 2 N–H and O–H groups in total. The molecule has 1 aliphatic carbocycles. The zero-order valence-corrected chi connectivity index (χ0v) is 22.7. The highest BCUT2D eigenvalue weighted by Crippen LogP contribution is 2.47. The van der Waals surface area contributed by atoms with Crippen LogP contribution in [0.15, 0.2) is 30.4 Å². The minimum absolute atomic E-state index is 0.0421. The minimum atomic E-state index is -4.34. The van der Waals surface area contributed by atoms with Crippen molar-refractivity contribution in [3.05, 3.63) is 47.2 Å². The molecular formula is C30H40F3N3O2. The van der Waals surface area contributed by atoms with Crippen LogP contribution in [0.5, 0.6) is 0 Å². The van der Waals surface area contributed by atoms with Crippen LogP contribution in [-0.4, -0.2) is 54.7 Å². The second kappa shape index (κ2) is 10.7. The summed E-state index contributed by atoms with van der Waals surface area (Å²) < 4.78 is 46.0. The molecule has 3 atom stereocenters. The summed E-state index contributed by atoms with van der Waals surface area (Å²) in [6.45, 7) is 10.5. The Hall–Kier alpha value is -2.32. The second-order valence-electron chi connectivity index (χ2n) is 12.0. The number of aromatic amines is 1. The molecule has 2 saturated heterocycles. The van der Waals surface area contributed by atoms with Gasteiger partial charge in [-0.25, -0.2) is 0 Å². The first-order valence-corrected chi connectivity index (χ1v) is 14.1. The average molecular weight is 532 g/mol. The van der Waals surface area contributed by atoms with Crippen molar-refractivity contribution in [1.29, 1.82) is 0 Å². The molecule has 5 nitrogen and oxygen atoms in total. The van der Waals surface area contributed by atoms with Crippen LogP contribution >= 0.6 is 0 Å². The third-order valence-electron chi connectivity index (χ3n) is 9.14. The molecule has 2 aromatic rings. The van der Waals surface area contributed by atoms with Crippen molar-refractivity contribution >= 4 is 16.8 Å². The first-order valence-electron chi connectivity index (χ1n) is 14.1. The standard InChI is InChI=1S/C30H40F3N3O2/c1-19(2)34-27(37)6-8-29(10-14-38-15-11-29)9-13-36-12-7-21-16-26-28(20(3)24(21)18-36)23-17-22(30(31,32)33)4-5-25(23)35-26/h4-6,8,17,19-21,24,35H,7,9-16,18H2,1-3H3,(H,34,37)/b8-6+/t20-,21-,24-/m1/s1. The fraction of sp³-hybridized carbons (Fsp3) is 0.633. The van der Waals surface area contributed by atoms with E-state index in [-0.39, 0.29) is 23.3 Å². The molecule has 1 amide bonds. The lowest BCUT2D eigenvalue weighted by molar-refractivity contribution is -0.137. The van der Waals surface area contributed by atoms with Crippen LogP contribution in [0.4, 0.5) is 13.2 Å². The molecule has 1 aromatic carbocycles. The summed E-state index contributed by atoms with van der Waals surface area (Å²) in [5.74, 6) is 1.11. The number of hydrogen-bond acceptors (Lipinski definition) is 3. The lowest BCUT2D eigenvalue weighted by Gasteiger charge is -2.45. The van der Waals surface area contributed by atoms with Gasteiger partial charge in [0.25, 0.3) is 0 Å². The van der Waals surface area contributed by atoms with Gasteiger partial charge in [0.1, 0.15) is 0 Å². The third-order valence-corrected chi connectivity index (χ3v) is 9.14. The Morgan fingerprint density at radius 2 is 2.05 bits per heavy atom. The molecule has 0 bridgehead atoms. The number of piperidine rings is 1. The number of rotatable bonds is 6. The largest absolute Gasteiger partial charge is 0.416 e. The summed E-state index contributed by atoms with van der Waals surface area (Å²) in [4.78, 5) is 18.3. The van der Waals surface area contributed by atoms with Crippen molar-refractivity contribution in [2.45, 2.75) is 71.0 Å². The van der Waals surface area contributed by atoms with Crippen molar-refractivity contribution in [3.8, 4) is 0 Å². The zero-order valence-electron chi connectivity index (χ0n) is 22.7. The van der Waals surface area contributed by atoms with E-state index in [1.807, 2.05) is 13.8 Å². The number of hydrogen-bond donors (Lipinski definition) is 2. The van der Waals surface area contributed by atoms with Crippen LogP contribution in [0.2, 0.25) is 0 Å². The maximum atomic E-state index is 13.4. The molecule has 5 rings (SSSR count). The van der Waals surface area contributed by atoms with E-state index < -0.39 is 11.7 Å². The Morgan fingerprint density at radius 1 is 1.29 bits per heavy atom. The molecule has 0 unspecified atom stereocenters. The number of nitrogens with one attached hydrogen (secondary N) is 2. The number of fused-ring (bicyclic) bond motifs is 4. The minimum Gasteiger partial charge on any atom is -0.381 e. The Balaban J connectivity index is 1.29. The highest BCUT2D eigenvalue weighted by molar-refractivity contribution is 5.88. The van der Waals surface area contributed by atoms with Gasteiger partial charge >= 0.3 is 6.18 Å². The van der Waals surface area contributed by atoms with Crippen molar-refractivity contribution < 1.29 is 22.7 Å². The number of aromatic nitrogens is 1. The van der Waals surface area contributed by atoms with Crippen molar-refractivity contribution in [2.24, 2.45) is 17.3 Å². The molecule has 8 heteroatoms. The van der Waals surface area contributed by atoms with E-state index in [4.69, 9.17) is 4.74 Å². The quantitative estimate of drug-likeness (QED) is 0.446. The number of ether oxygens (including phenoxy) is 1. The van der Waals surface area contributed by atoms with Gasteiger partial charge in [-0.3, -0.25) is 4.79 Å². The number of amides is 1. The summed E-state index contributed by atoms with van der Waals surface area (Å²) in [6.07, 6.45) is 4.27. The number of benzene rings is 1. The van der Waals surface area contributed by atoms with E-state index in [0.29, 0.717) is 25.0 Å². The molecule has 3 heterocycles. The molecule has 1 aromatic heterocycles. The Bertz CT molecular complexity index is 1180. The number of nitrogens with zero attached hydrogens (tertiary/aromatic N) is 1. The monoisotopic (exact) mass is 531 g/mol. The lowest BCUT2D eigenvalue weighted by Crippen LogP contribution is -2.46. The third kappa shape index (κ3) is 5.67. The van der Waals surface area contributed by atoms with Gasteiger partial charge < -0.3 is 19.9 Å². The van der Waals surface area contributed by atoms with E-state index in [9.17, 15) is 18.0 Å². The summed E-state index contributed by atoms with van der Waals surface area (Å²) in [6, 6.07) is 4.20. The molecule has 2 fully saturated rings. The van der Waals surface area contributed by atoms with Crippen LogP contribution in [0.1, 0.15) is 69.2 Å². The van der Waals surface area contributed by atoms with Gasteiger partial charge in [0.05, 0.1) is 5.56 Å². The predicted octanol–water partition coefficient (Wildman–Crippen LogP) is 6.05. The van der Waals surface area contributed by atoms with E-state index in [1.54, 1.807) is 12.1 Å². The van der Waals surface area contributed by atoms with Gasteiger partial charge in [0.2, 0.25) is 5.91 Å². The molecule has 38 heavy (non-hydrogen) atoms. The topological polar surface area (TPSA) is 57.4 Å². The predicted molar refractivity (Wildman–Crippen MR) is 143 cm³/mol. The first-order chi connectivity index (χ1) is 18.0. The van der Waals surface area contributed by atoms with Gasteiger partial charge in [-0.2, -0.15) is 13.2 Å². The second-order valence-corrected chi connectivity index (χ2v) is 12.0. The SMILES string of the molecule is CC(C)NC(=O)/C=C/C1(CCN2CC[C@@H]3Cc4[nH]c5ccc(C(F)(F)F)cc5c4[C@H](C)[C@H]3C2)CCOCC1. The van der Waals surface area contributed by atoms with E-state index in [1.165, 1.54) is 12.1 Å². The fourth-order valence-corrected chi connectivity index (χ4v) is 6.97. The number of likely N-dealkylation sites (tertiary alicyclic amines) is 1. The van der Waals surface area contributed by atoms with Crippen LogP contribution in [0, 0.1) is 17.3 Å². The summed E-state index contributed by atoms with van der Waals surface area (Å²) >= 11 is 0. The molecular weight excluding hydrogens is 491 g/mol. The summed E-state index contributed by atoms with van der Waals surface area (Å²) in [7, 11) is 0. The van der Waals surface area contributed by atoms with Crippen LogP contribution in [0.25, 0.3) is 10.9 Å². The molecule has 0 radical (unpaired) electrons. The van der Waals surface area contributed by atoms with E-state index in [0.717, 1.165) is 73.9 Å². The molecule has 0 spiro atoms. The highest BCUT2D eigenvalue weighted by Gasteiger charge is 2.41. The van der Waals surface area contributed by atoms with Crippen LogP contribution in [0.3, 0.4) is 0 Å². The summed E-state index contributed by atoms with van der Waals surface area (Å²) in [5.41, 5.74) is 2.38. The maximum Gasteiger partial charge on any atom is 0.416 e. The number of halogens is 3. The Morgan fingerprint density at radius 3 is 2.76 bits per heavy atom. The van der Waals surface area contributed by atoms with Gasteiger partial charge in [-0.1, -0.05) is 13.0 Å². The van der Waals surface area contributed by atoms with Crippen LogP contribution in [-0.2, 0) is 22.1 Å². The van der Waals surface area contributed by atoms with Crippen molar-refractivity contribution in [2.75, 3.05) is 32.8 Å². The normalized spacial score (nSPS) is 26.0. The molecule has 3 aliphatic rings. The summed E-state index contributed by atoms with van der Waals surface area (Å²) in [5, 5.41) is 3.66. The zero-order chi connectivity index (χ0) is 27.1. The smallest absolute Gasteiger partial charge is 0.381 e. The number of alkyl halides is 3. The Labute approximate surface area is 223 Å². The van der Waals surface area contributed by atoms with Gasteiger partial charge in [0.15, 0.2) is 0 Å². The molecule has 208 valence electrons. The fourth-order valence-electron chi connectivity index (χ4n) is 6.97. The highest BCUT2D eigenvalue weighted by atomic mass is 19.4. The van der Waals surface area contributed by atoms with Gasteiger partial charge in [-0.15, -0.1) is 0 Å². The molecule has 2 aliphatic heterocycles. The number of allylic oxidation sites excluding steroid dienone is 1. The lowest BCUT2D eigenvalue weighted by atomic mass is 9.68.